The SMILES string of the molecule is C[C@H]1[C@@H](OCCN=[N+]=[N-])O[C@@H]2O[C@@]3(C)CC[C@H]4[C@H](C)CC[C@@H]1[C@@]24OO3. The van der Waals surface area contributed by atoms with E-state index in [1.165, 1.54) is 6.42 Å². The van der Waals surface area contributed by atoms with Gasteiger partial charge in [0.15, 0.2) is 18.2 Å². The van der Waals surface area contributed by atoms with Crippen molar-refractivity contribution < 1.29 is 24.0 Å². The third-order valence-corrected chi connectivity index (χ3v) is 6.63. The fourth-order valence-corrected chi connectivity index (χ4v) is 5.32. The van der Waals surface area contributed by atoms with Gasteiger partial charge in [0.1, 0.15) is 0 Å². The van der Waals surface area contributed by atoms with Gasteiger partial charge in [0.2, 0.25) is 5.79 Å². The highest BCUT2D eigenvalue weighted by molar-refractivity contribution is 5.09. The van der Waals surface area contributed by atoms with E-state index in [2.05, 4.69) is 23.9 Å². The quantitative estimate of drug-likeness (QED) is 0.253. The van der Waals surface area contributed by atoms with E-state index in [0.717, 1.165) is 19.3 Å². The Kier molecular flexibility index (Phi) is 4.46. The van der Waals surface area contributed by atoms with Crippen LogP contribution in [0.1, 0.15) is 46.5 Å². The average Bonchev–Trinajstić information content (AvgIpc) is 2.82. The predicted molar refractivity (Wildman–Crippen MR) is 86.8 cm³/mol. The Hall–Kier alpha value is -0.890. The summed E-state index contributed by atoms with van der Waals surface area (Å²) in [5, 5.41) is 3.52. The Morgan fingerprint density at radius 1 is 1.20 bits per heavy atom. The van der Waals surface area contributed by atoms with Gasteiger partial charge >= 0.3 is 0 Å². The second-order valence-electron chi connectivity index (χ2n) is 8.10. The van der Waals surface area contributed by atoms with Crippen LogP contribution in [0.25, 0.3) is 10.4 Å². The minimum atomic E-state index is -0.770. The van der Waals surface area contributed by atoms with Crippen molar-refractivity contribution in [3.8, 4) is 0 Å². The van der Waals surface area contributed by atoms with E-state index in [4.69, 9.17) is 29.5 Å². The molecule has 0 N–H and O–H groups in total. The Morgan fingerprint density at radius 2 is 2.04 bits per heavy atom. The molecule has 8 atom stereocenters. The van der Waals surface area contributed by atoms with Crippen LogP contribution in [-0.4, -0.2) is 37.1 Å². The molecule has 5 fully saturated rings. The molecule has 4 heterocycles. The second kappa shape index (κ2) is 6.37. The summed E-state index contributed by atoms with van der Waals surface area (Å²) in [6.07, 6.45) is 3.14. The van der Waals surface area contributed by atoms with Gasteiger partial charge in [-0.1, -0.05) is 19.0 Å². The summed E-state index contributed by atoms with van der Waals surface area (Å²) < 4.78 is 18.4. The molecule has 25 heavy (non-hydrogen) atoms. The largest absolute Gasteiger partial charge is 0.352 e. The molecule has 0 radical (unpaired) electrons. The third-order valence-electron chi connectivity index (χ3n) is 6.63. The number of ether oxygens (including phenoxy) is 3. The highest BCUT2D eigenvalue weighted by Gasteiger charge is 2.69. The van der Waals surface area contributed by atoms with Crippen molar-refractivity contribution in [1.29, 1.82) is 0 Å². The zero-order valence-corrected chi connectivity index (χ0v) is 15.1. The van der Waals surface area contributed by atoms with Gasteiger partial charge in [-0.15, -0.1) is 0 Å². The average molecular weight is 353 g/mol. The van der Waals surface area contributed by atoms with Crippen LogP contribution in [-0.2, 0) is 24.0 Å². The molecule has 140 valence electrons. The maximum Gasteiger partial charge on any atom is 0.201 e. The first-order valence-electron chi connectivity index (χ1n) is 9.33. The fourth-order valence-electron chi connectivity index (χ4n) is 5.32. The molecule has 5 aliphatic rings. The van der Waals surface area contributed by atoms with Crippen LogP contribution in [0.4, 0.5) is 0 Å². The van der Waals surface area contributed by atoms with E-state index in [0.29, 0.717) is 25.0 Å². The molecule has 0 unspecified atom stereocenters. The predicted octanol–water partition coefficient (Wildman–Crippen LogP) is 3.52. The number of azide groups is 1. The summed E-state index contributed by atoms with van der Waals surface area (Å²) in [5.41, 5.74) is 7.84. The Morgan fingerprint density at radius 3 is 2.84 bits per heavy atom. The maximum atomic E-state index is 8.40. The number of rotatable bonds is 4. The van der Waals surface area contributed by atoms with Gasteiger partial charge in [-0.3, -0.25) is 0 Å². The summed E-state index contributed by atoms with van der Waals surface area (Å²) in [6, 6.07) is 0. The van der Waals surface area contributed by atoms with Crippen LogP contribution < -0.4 is 0 Å². The second-order valence-corrected chi connectivity index (χ2v) is 8.10. The van der Waals surface area contributed by atoms with Crippen LogP contribution in [0.5, 0.6) is 0 Å². The lowest BCUT2D eigenvalue weighted by Crippen LogP contribution is -2.70. The first kappa shape index (κ1) is 17.5. The summed E-state index contributed by atoms with van der Waals surface area (Å²) >= 11 is 0. The van der Waals surface area contributed by atoms with Gasteiger partial charge in [0.25, 0.3) is 0 Å². The fraction of sp³-hybridized carbons (Fsp3) is 1.00. The van der Waals surface area contributed by atoms with E-state index in [1.54, 1.807) is 0 Å². The van der Waals surface area contributed by atoms with Gasteiger partial charge in [-0.2, -0.15) is 0 Å². The van der Waals surface area contributed by atoms with Gasteiger partial charge in [-0.05, 0) is 43.6 Å². The van der Waals surface area contributed by atoms with Crippen molar-refractivity contribution in [3.63, 3.8) is 0 Å². The molecular weight excluding hydrogens is 326 g/mol. The Labute approximate surface area is 147 Å². The van der Waals surface area contributed by atoms with Crippen molar-refractivity contribution in [2.45, 2.75) is 70.4 Å². The zero-order valence-electron chi connectivity index (χ0n) is 15.1. The summed E-state index contributed by atoms with van der Waals surface area (Å²) in [6.45, 7) is 6.98. The van der Waals surface area contributed by atoms with Crippen LogP contribution in [0.15, 0.2) is 5.11 Å². The molecule has 1 saturated carbocycles. The van der Waals surface area contributed by atoms with Crippen molar-refractivity contribution in [1.82, 2.24) is 0 Å². The molecule has 1 spiro atoms. The molecule has 4 aliphatic heterocycles. The van der Waals surface area contributed by atoms with Crippen LogP contribution in [0.3, 0.4) is 0 Å². The maximum absolute atomic E-state index is 8.40. The van der Waals surface area contributed by atoms with Gasteiger partial charge in [0, 0.05) is 29.7 Å². The lowest BCUT2D eigenvalue weighted by Gasteiger charge is -2.60. The summed E-state index contributed by atoms with van der Waals surface area (Å²) in [4.78, 5) is 14.6. The number of fused-ring (bicyclic) bond motifs is 2. The summed E-state index contributed by atoms with van der Waals surface area (Å²) in [7, 11) is 0. The first-order valence-corrected chi connectivity index (χ1v) is 9.33. The van der Waals surface area contributed by atoms with Crippen molar-refractivity contribution >= 4 is 0 Å². The number of hydrogen-bond acceptors (Lipinski definition) is 6. The highest BCUT2D eigenvalue weighted by Crippen LogP contribution is 2.60. The Bertz CT molecular complexity index is 570. The molecule has 8 nitrogen and oxygen atoms in total. The van der Waals surface area contributed by atoms with Gasteiger partial charge < -0.3 is 14.2 Å². The van der Waals surface area contributed by atoms with Crippen molar-refractivity contribution in [2.24, 2.45) is 28.8 Å². The molecule has 1 aliphatic carbocycles. The van der Waals surface area contributed by atoms with E-state index >= 15 is 0 Å². The van der Waals surface area contributed by atoms with E-state index in [1.807, 2.05) is 6.92 Å². The monoisotopic (exact) mass is 353 g/mol. The molecule has 0 aromatic heterocycles. The highest BCUT2D eigenvalue weighted by atomic mass is 17.3. The molecule has 0 aromatic rings. The summed E-state index contributed by atoms with van der Waals surface area (Å²) in [5.74, 6) is 0.525. The van der Waals surface area contributed by atoms with Gasteiger partial charge in [-0.25, -0.2) is 9.78 Å². The number of nitrogens with zero attached hydrogens (tertiary/aromatic N) is 3. The third kappa shape index (κ3) is 2.67. The molecule has 5 rings (SSSR count). The molecular formula is C17H27N3O5. The van der Waals surface area contributed by atoms with E-state index in [9.17, 15) is 0 Å². The molecule has 0 amide bonds. The van der Waals surface area contributed by atoms with Crippen molar-refractivity contribution in [3.05, 3.63) is 10.4 Å². The smallest absolute Gasteiger partial charge is 0.201 e. The van der Waals surface area contributed by atoms with E-state index < -0.39 is 24.0 Å². The van der Waals surface area contributed by atoms with Gasteiger partial charge in [0.05, 0.1) is 6.61 Å². The molecule has 0 aromatic carbocycles. The Balaban J connectivity index is 1.61. The molecule has 8 heteroatoms. The minimum Gasteiger partial charge on any atom is -0.352 e. The lowest BCUT2D eigenvalue weighted by atomic mass is 9.58. The van der Waals surface area contributed by atoms with Crippen LogP contribution in [0.2, 0.25) is 0 Å². The molecule has 4 saturated heterocycles. The standard InChI is InChI=1S/C17H27N3O5/c1-10-4-5-13-11(2)14(21-9-8-19-20-18)22-15-17(13)12(10)6-7-16(3,23-15)24-25-17/h10-15H,4-9H2,1-3H3/t10-,11-,12+,13+,14+,15-,16-,17-/m1/s1. The molecule has 2 bridgehead atoms. The topological polar surface area (TPSA) is 94.9 Å². The van der Waals surface area contributed by atoms with Crippen LogP contribution >= 0.6 is 0 Å². The zero-order chi connectivity index (χ0) is 17.7. The van der Waals surface area contributed by atoms with Crippen LogP contribution in [0, 0.1) is 23.7 Å². The van der Waals surface area contributed by atoms with E-state index in [-0.39, 0.29) is 11.8 Å². The number of hydrogen-bond donors (Lipinski definition) is 0. The first-order chi connectivity index (χ1) is 12.0. The normalized spacial score (nSPS) is 51.3. The lowest BCUT2D eigenvalue weighted by molar-refractivity contribution is -0.577. The minimum absolute atomic E-state index is 0.145. The van der Waals surface area contributed by atoms with Crippen molar-refractivity contribution in [2.75, 3.05) is 13.2 Å².